The summed E-state index contributed by atoms with van der Waals surface area (Å²) in [5, 5.41) is 0. The van der Waals surface area contributed by atoms with Crippen LogP contribution in [0.15, 0.2) is 59.5 Å². The Labute approximate surface area is 166 Å². The molecule has 0 saturated carbocycles. The Balaban J connectivity index is 1.54. The molecule has 2 aromatic carbocycles. The van der Waals surface area contributed by atoms with Crippen molar-refractivity contribution in [1.82, 2.24) is 9.21 Å². The van der Waals surface area contributed by atoms with Gasteiger partial charge in [0.2, 0.25) is 15.9 Å². The lowest BCUT2D eigenvalue weighted by atomic mass is 10.1. The van der Waals surface area contributed by atoms with Crippen LogP contribution in [0.2, 0.25) is 0 Å². The van der Waals surface area contributed by atoms with Gasteiger partial charge >= 0.3 is 0 Å². The van der Waals surface area contributed by atoms with E-state index in [1.165, 1.54) is 4.31 Å². The van der Waals surface area contributed by atoms with Crippen LogP contribution in [0.5, 0.6) is 0 Å². The number of benzene rings is 2. The van der Waals surface area contributed by atoms with Crippen molar-refractivity contribution in [3.8, 4) is 0 Å². The highest BCUT2D eigenvalue weighted by molar-refractivity contribution is 7.89. The number of hydrogen-bond donors (Lipinski definition) is 0. The van der Waals surface area contributed by atoms with E-state index in [0.29, 0.717) is 45.7 Å². The smallest absolute Gasteiger partial charge is 0.243 e. The zero-order valence-electron chi connectivity index (χ0n) is 16.1. The molecule has 28 heavy (non-hydrogen) atoms. The van der Waals surface area contributed by atoms with Gasteiger partial charge < -0.3 is 9.64 Å². The first-order valence-corrected chi connectivity index (χ1v) is 10.9. The van der Waals surface area contributed by atoms with Crippen molar-refractivity contribution in [2.45, 2.75) is 24.3 Å². The summed E-state index contributed by atoms with van der Waals surface area (Å²) in [5.41, 5.74) is 2.04. The molecule has 1 fully saturated rings. The van der Waals surface area contributed by atoms with Gasteiger partial charge in [0.1, 0.15) is 0 Å². The van der Waals surface area contributed by atoms with Crippen LogP contribution in [0.4, 0.5) is 0 Å². The summed E-state index contributed by atoms with van der Waals surface area (Å²) in [5.74, 6) is 0.0638. The Bertz CT molecular complexity index is 876. The van der Waals surface area contributed by atoms with Crippen molar-refractivity contribution < 1.29 is 17.9 Å². The molecule has 150 valence electrons. The summed E-state index contributed by atoms with van der Waals surface area (Å²) >= 11 is 0. The number of amides is 1. The Morgan fingerprint density at radius 2 is 1.64 bits per heavy atom. The fourth-order valence-electron chi connectivity index (χ4n) is 3.15. The first kappa shape index (κ1) is 20.5. The Morgan fingerprint density at radius 3 is 2.29 bits per heavy atom. The maximum atomic E-state index is 12.6. The van der Waals surface area contributed by atoms with Gasteiger partial charge in [0, 0.05) is 33.1 Å². The van der Waals surface area contributed by atoms with E-state index < -0.39 is 10.0 Å². The lowest BCUT2D eigenvalue weighted by Gasteiger charge is -2.26. The van der Waals surface area contributed by atoms with Crippen LogP contribution < -0.4 is 0 Å². The average Bonchev–Trinajstić information content (AvgIpc) is 2.73. The molecule has 1 heterocycles. The highest BCUT2D eigenvalue weighted by Gasteiger charge is 2.26. The maximum absolute atomic E-state index is 12.6. The zero-order valence-corrected chi connectivity index (χ0v) is 16.9. The molecule has 0 atom stereocenters. The van der Waals surface area contributed by atoms with Gasteiger partial charge in [-0.3, -0.25) is 4.79 Å². The summed E-state index contributed by atoms with van der Waals surface area (Å²) < 4.78 is 31.9. The first-order chi connectivity index (χ1) is 13.5. The summed E-state index contributed by atoms with van der Waals surface area (Å²) in [4.78, 5) is 14.4. The van der Waals surface area contributed by atoms with Gasteiger partial charge in [0.05, 0.1) is 18.1 Å². The fourth-order valence-corrected chi connectivity index (χ4v) is 4.56. The topological polar surface area (TPSA) is 66.9 Å². The lowest BCUT2D eigenvalue weighted by Crippen LogP contribution is -2.40. The number of nitrogens with zero attached hydrogens (tertiary/aromatic N) is 2. The third-order valence-corrected chi connectivity index (χ3v) is 6.76. The third kappa shape index (κ3) is 5.19. The number of morpholine rings is 1. The van der Waals surface area contributed by atoms with E-state index >= 15 is 0 Å². The molecule has 1 aliphatic heterocycles. The summed E-state index contributed by atoms with van der Waals surface area (Å²) in [6.45, 7) is 2.20. The maximum Gasteiger partial charge on any atom is 0.243 e. The molecular weight excluding hydrogens is 376 g/mol. The number of sulfonamides is 1. The second kappa shape index (κ2) is 9.32. The molecule has 6 nitrogen and oxygen atoms in total. The van der Waals surface area contributed by atoms with Crippen LogP contribution in [-0.2, 0) is 32.5 Å². The van der Waals surface area contributed by atoms with E-state index in [-0.39, 0.29) is 10.8 Å². The van der Waals surface area contributed by atoms with Crippen LogP contribution in [-0.4, -0.2) is 56.9 Å². The second-order valence-corrected chi connectivity index (χ2v) is 8.83. The molecule has 0 bridgehead atoms. The number of carbonyl (C=O) groups is 1. The van der Waals surface area contributed by atoms with Gasteiger partial charge in [-0.2, -0.15) is 4.31 Å². The van der Waals surface area contributed by atoms with Crippen LogP contribution in [0.1, 0.15) is 17.5 Å². The minimum Gasteiger partial charge on any atom is -0.379 e. The SMILES string of the molecule is CN(Cc1ccccc1)C(=O)CCc1ccc(S(=O)(=O)N2CCOCC2)cc1. The van der Waals surface area contributed by atoms with Gasteiger partial charge in [-0.15, -0.1) is 0 Å². The average molecular weight is 403 g/mol. The normalized spacial score (nSPS) is 15.3. The first-order valence-electron chi connectivity index (χ1n) is 9.41. The lowest BCUT2D eigenvalue weighted by molar-refractivity contribution is -0.130. The van der Waals surface area contributed by atoms with Crippen molar-refractivity contribution in [2.75, 3.05) is 33.4 Å². The predicted molar refractivity (Wildman–Crippen MR) is 107 cm³/mol. The molecule has 0 unspecified atom stereocenters. The van der Waals surface area contributed by atoms with Crippen molar-refractivity contribution >= 4 is 15.9 Å². The third-order valence-electron chi connectivity index (χ3n) is 4.85. The van der Waals surface area contributed by atoms with Crippen molar-refractivity contribution in [3.05, 3.63) is 65.7 Å². The monoisotopic (exact) mass is 402 g/mol. The quantitative estimate of drug-likeness (QED) is 0.713. The largest absolute Gasteiger partial charge is 0.379 e. The summed E-state index contributed by atoms with van der Waals surface area (Å²) in [6, 6.07) is 16.7. The molecule has 7 heteroatoms. The number of rotatable bonds is 7. The van der Waals surface area contributed by atoms with Gasteiger partial charge in [0.15, 0.2) is 0 Å². The Kier molecular flexibility index (Phi) is 6.83. The second-order valence-electron chi connectivity index (χ2n) is 6.90. The number of carbonyl (C=O) groups excluding carboxylic acids is 1. The Morgan fingerprint density at radius 1 is 1.00 bits per heavy atom. The molecule has 0 radical (unpaired) electrons. The van der Waals surface area contributed by atoms with Gasteiger partial charge in [-0.25, -0.2) is 8.42 Å². The minimum absolute atomic E-state index is 0.0638. The Hall–Kier alpha value is -2.22. The number of hydrogen-bond acceptors (Lipinski definition) is 4. The molecular formula is C21H26N2O4S. The summed E-state index contributed by atoms with van der Waals surface area (Å²) in [6.07, 6.45) is 0.967. The number of aryl methyl sites for hydroxylation is 1. The van der Waals surface area contributed by atoms with E-state index in [2.05, 4.69) is 0 Å². The molecule has 1 aliphatic rings. The van der Waals surface area contributed by atoms with Crippen LogP contribution >= 0.6 is 0 Å². The molecule has 1 saturated heterocycles. The molecule has 0 spiro atoms. The standard InChI is InChI=1S/C21H26N2O4S/c1-22(17-19-5-3-2-4-6-19)21(24)12-9-18-7-10-20(11-8-18)28(25,26)23-13-15-27-16-14-23/h2-8,10-11H,9,12-17H2,1H3. The van der Waals surface area contributed by atoms with Crippen molar-refractivity contribution in [2.24, 2.45) is 0 Å². The van der Waals surface area contributed by atoms with Crippen molar-refractivity contribution in [3.63, 3.8) is 0 Å². The number of ether oxygens (including phenoxy) is 1. The molecule has 0 aliphatic carbocycles. The molecule has 2 aromatic rings. The van der Waals surface area contributed by atoms with Crippen molar-refractivity contribution in [1.29, 1.82) is 0 Å². The van der Waals surface area contributed by atoms with E-state index in [1.54, 1.807) is 36.2 Å². The van der Waals surface area contributed by atoms with E-state index in [4.69, 9.17) is 4.74 Å². The van der Waals surface area contributed by atoms with Crippen LogP contribution in [0, 0.1) is 0 Å². The molecule has 3 rings (SSSR count). The highest BCUT2D eigenvalue weighted by Crippen LogP contribution is 2.18. The van der Waals surface area contributed by atoms with E-state index in [9.17, 15) is 13.2 Å². The molecule has 0 N–H and O–H groups in total. The zero-order chi connectivity index (χ0) is 20.0. The summed E-state index contributed by atoms with van der Waals surface area (Å²) in [7, 11) is -1.68. The van der Waals surface area contributed by atoms with Gasteiger partial charge in [-0.05, 0) is 29.7 Å². The molecule has 0 aromatic heterocycles. The van der Waals surface area contributed by atoms with Gasteiger partial charge in [0.25, 0.3) is 0 Å². The van der Waals surface area contributed by atoms with E-state index in [0.717, 1.165) is 11.1 Å². The minimum atomic E-state index is -3.48. The van der Waals surface area contributed by atoms with Crippen LogP contribution in [0.25, 0.3) is 0 Å². The van der Waals surface area contributed by atoms with E-state index in [1.807, 2.05) is 30.3 Å². The predicted octanol–water partition coefficient (Wildman–Crippen LogP) is 2.30. The van der Waals surface area contributed by atoms with Crippen LogP contribution in [0.3, 0.4) is 0 Å². The molecule has 1 amide bonds. The highest BCUT2D eigenvalue weighted by atomic mass is 32.2. The fraction of sp³-hybridized carbons (Fsp3) is 0.381. The van der Waals surface area contributed by atoms with Gasteiger partial charge in [-0.1, -0.05) is 42.5 Å².